The number of benzene rings is 3. The Bertz CT molecular complexity index is 1090. The molecular formula is C25H23Cl3N2. The van der Waals surface area contributed by atoms with Crippen LogP contribution in [-0.4, -0.2) is 11.4 Å². The van der Waals surface area contributed by atoms with Crippen molar-refractivity contribution in [3.63, 3.8) is 0 Å². The zero-order chi connectivity index (χ0) is 21.5. The van der Waals surface area contributed by atoms with Gasteiger partial charge in [0.1, 0.15) is 4.33 Å². The molecule has 2 unspecified atom stereocenters. The summed E-state index contributed by atoms with van der Waals surface area (Å²) < 4.78 is -0.900. The molecule has 30 heavy (non-hydrogen) atoms. The number of nitrogens with one attached hydrogen (secondary N) is 2. The van der Waals surface area contributed by atoms with E-state index in [0.29, 0.717) is 0 Å². The first-order valence-corrected chi connectivity index (χ1v) is 10.9. The molecule has 1 fully saturated rings. The van der Waals surface area contributed by atoms with Gasteiger partial charge in [0, 0.05) is 41.0 Å². The van der Waals surface area contributed by atoms with Crippen LogP contribution in [-0.2, 0) is 0 Å². The van der Waals surface area contributed by atoms with Crippen LogP contribution in [0.2, 0.25) is 5.02 Å². The van der Waals surface area contributed by atoms with E-state index in [2.05, 4.69) is 53.6 Å². The molecule has 3 aromatic rings. The van der Waals surface area contributed by atoms with Crippen molar-refractivity contribution in [2.45, 2.75) is 17.2 Å². The number of rotatable bonds is 6. The monoisotopic (exact) mass is 456 g/mol. The fourth-order valence-electron chi connectivity index (χ4n) is 3.85. The summed E-state index contributed by atoms with van der Waals surface area (Å²) >= 11 is 19.6. The molecular weight excluding hydrogens is 435 g/mol. The Kier molecular flexibility index (Phi) is 5.76. The van der Waals surface area contributed by atoms with Gasteiger partial charge in [0.2, 0.25) is 0 Å². The molecule has 0 spiro atoms. The van der Waals surface area contributed by atoms with Crippen LogP contribution in [0.1, 0.15) is 17.0 Å². The lowest BCUT2D eigenvalue weighted by Crippen LogP contribution is -2.04. The van der Waals surface area contributed by atoms with Crippen LogP contribution in [0.4, 0.5) is 11.4 Å². The summed E-state index contributed by atoms with van der Waals surface area (Å²) in [6.07, 6.45) is 0. The van der Waals surface area contributed by atoms with E-state index >= 15 is 0 Å². The molecule has 3 aromatic carbocycles. The molecule has 0 aliphatic heterocycles. The maximum Gasteiger partial charge on any atom is 0.134 e. The first-order chi connectivity index (χ1) is 14.3. The highest BCUT2D eigenvalue weighted by Crippen LogP contribution is 2.67. The second-order valence-corrected chi connectivity index (χ2v) is 9.55. The fourth-order valence-corrected chi connectivity index (χ4v) is 4.93. The summed E-state index contributed by atoms with van der Waals surface area (Å²) in [4.78, 5) is 0. The number of hydrogen-bond acceptors (Lipinski definition) is 2. The maximum atomic E-state index is 6.63. The molecule has 0 radical (unpaired) electrons. The molecule has 154 valence electrons. The normalized spacial score (nSPS) is 19.2. The smallest absolute Gasteiger partial charge is 0.134 e. The highest BCUT2D eigenvalue weighted by Gasteiger charge is 2.65. The van der Waals surface area contributed by atoms with Crippen LogP contribution in [0.25, 0.3) is 11.1 Å². The molecule has 1 aliphatic rings. The molecule has 1 saturated carbocycles. The van der Waals surface area contributed by atoms with Gasteiger partial charge in [0.25, 0.3) is 0 Å². The average Bonchev–Trinajstić information content (AvgIpc) is 3.32. The van der Waals surface area contributed by atoms with Gasteiger partial charge < -0.3 is 10.6 Å². The van der Waals surface area contributed by atoms with Crippen LogP contribution < -0.4 is 10.6 Å². The summed E-state index contributed by atoms with van der Waals surface area (Å²) in [6.45, 7) is 6.20. The predicted molar refractivity (Wildman–Crippen MR) is 131 cm³/mol. The van der Waals surface area contributed by atoms with E-state index in [1.165, 1.54) is 0 Å². The zero-order valence-electron chi connectivity index (χ0n) is 16.8. The van der Waals surface area contributed by atoms with Crippen molar-refractivity contribution in [3.8, 4) is 11.1 Å². The zero-order valence-corrected chi connectivity index (χ0v) is 19.1. The minimum atomic E-state index is -0.900. The predicted octanol–water partition coefficient (Wildman–Crippen LogP) is 7.87. The van der Waals surface area contributed by atoms with E-state index in [1.54, 1.807) is 0 Å². The highest BCUT2D eigenvalue weighted by molar-refractivity contribution is 6.52. The standard InChI is InChI=1S/C25H23Cl3N2/c1-15-7-8-19(14-22(15)26)24-23(25(24,27)28)16(2)30-21-6-4-5-18(13-21)17-9-11-20(29-3)12-10-17/h4-14,23-24,29-30H,2H2,1,3H3. The molecule has 2 N–H and O–H groups in total. The maximum absolute atomic E-state index is 6.63. The first-order valence-electron chi connectivity index (χ1n) is 9.79. The third-order valence-corrected chi connectivity index (χ3v) is 7.01. The summed E-state index contributed by atoms with van der Waals surface area (Å²) in [5.74, 6) is -0.144. The molecule has 4 rings (SSSR count). The molecule has 0 amide bonds. The van der Waals surface area contributed by atoms with Gasteiger partial charge in [-0.3, -0.25) is 0 Å². The number of allylic oxidation sites excluding steroid dienone is 1. The molecule has 2 nitrogen and oxygen atoms in total. The third kappa shape index (κ3) is 4.05. The van der Waals surface area contributed by atoms with Crippen LogP contribution in [0.5, 0.6) is 0 Å². The van der Waals surface area contributed by atoms with Crippen molar-refractivity contribution in [2.24, 2.45) is 5.92 Å². The lowest BCUT2D eigenvalue weighted by Gasteiger charge is -2.12. The van der Waals surface area contributed by atoms with Crippen molar-refractivity contribution in [2.75, 3.05) is 17.7 Å². The van der Waals surface area contributed by atoms with Crippen molar-refractivity contribution < 1.29 is 0 Å². The minimum absolute atomic E-state index is 0.0452. The lowest BCUT2D eigenvalue weighted by molar-refractivity contribution is 0.947. The van der Waals surface area contributed by atoms with Crippen molar-refractivity contribution in [1.29, 1.82) is 0 Å². The van der Waals surface area contributed by atoms with Crippen LogP contribution in [0.15, 0.2) is 79.0 Å². The quantitative estimate of drug-likeness (QED) is 0.368. The van der Waals surface area contributed by atoms with Crippen molar-refractivity contribution >= 4 is 46.2 Å². The van der Waals surface area contributed by atoms with Gasteiger partial charge in [-0.05, 0) is 59.5 Å². The Morgan fingerprint density at radius 2 is 1.67 bits per heavy atom. The van der Waals surface area contributed by atoms with E-state index in [4.69, 9.17) is 34.8 Å². The number of alkyl halides is 2. The topological polar surface area (TPSA) is 24.1 Å². The second-order valence-electron chi connectivity index (χ2n) is 7.70. The molecule has 0 bridgehead atoms. The van der Waals surface area contributed by atoms with E-state index in [0.717, 1.165) is 44.3 Å². The average molecular weight is 458 g/mol. The number of aryl methyl sites for hydroxylation is 1. The fraction of sp³-hybridized carbons (Fsp3) is 0.200. The molecule has 2 atom stereocenters. The first kappa shape index (κ1) is 21.1. The van der Waals surface area contributed by atoms with E-state index < -0.39 is 4.33 Å². The molecule has 0 heterocycles. The van der Waals surface area contributed by atoms with E-state index in [9.17, 15) is 0 Å². The summed E-state index contributed by atoms with van der Waals surface area (Å²) in [5, 5.41) is 7.27. The summed E-state index contributed by atoms with van der Waals surface area (Å²) in [6, 6.07) is 22.5. The number of halogens is 3. The Morgan fingerprint density at radius 3 is 2.33 bits per heavy atom. The van der Waals surface area contributed by atoms with Crippen LogP contribution >= 0.6 is 34.8 Å². The van der Waals surface area contributed by atoms with Gasteiger partial charge in [0.05, 0.1) is 0 Å². The van der Waals surface area contributed by atoms with Crippen LogP contribution in [0.3, 0.4) is 0 Å². The SMILES string of the molecule is C=C(Nc1cccc(-c2ccc(NC)cc2)c1)C1C(c2ccc(C)c(Cl)c2)C1(Cl)Cl. The minimum Gasteiger partial charge on any atom is -0.388 e. The lowest BCUT2D eigenvalue weighted by atomic mass is 10.0. The third-order valence-electron chi connectivity index (χ3n) is 5.66. The Morgan fingerprint density at radius 1 is 0.933 bits per heavy atom. The van der Waals surface area contributed by atoms with Gasteiger partial charge >= 0.3 is 0 Å². The summed E-state index contributed by atoms with van der Waals surface area (Å²) in [7, 11) is 1.91. The second kappa shape index (κ2) is 8.19. The van der Waals surface area contributed by atoms with Crippen molar-refractivity contribution in [3.05, 3.63) is 95.2 Å². The number of anilines is 2. The molecule has 5 heteroatoms. The molecule has 1 aliphatic carbocycles. The Labute approximate surface area is 192 Å². The van der Waals surface area contributed by atoms with Gasteiger partial charge in [0.15, 0.2) is 0 Å². The Balaban J connectivity index is 1.51. The van der Waals surface area contributed by atoms with Gasteiger partial charge in [-0.15, -0.1) is 23.2 Å². The number of hydrogen-bond donors (Lipinski definition) is 2. The van der Waals surface area contributed by atoms with Gasteiger partial charge in [-0.1, -0.05) is 54.6 Å². The van der Waals surface area contributed by atoms with Gasteiger partial charge in [-0.2, -0.15) is 0 Å². The van der Waals surface area contributed by atoms with Crippen LogP contribution in [0, 0.1) is 12.8 Å². The van der Waals surface area contributed by atoms with Crippen molar-refractivity contribution in [1.82, 2.24) is 0 Å². The van der Waals surface area contributed by atoms with Gasteiger partial charge in [-0.25, -0.2) is 0 Å². The van der Waals surface area contributed by atoms with E-state index in [-0.39, 0.29) is 11.8 Å². The summed E-state index contributed by atoms with van der Waals surface area (Å²) in [5.41, 5.74) is 7.15. The molecule has 0 aromatic heterocycles. The Hall–Kier alpha value is -2.13. The van der Waals surface area contributed by atoms with E-state index in [1.807, 2.05) is 44.3 Å². The molecule has 0 saturated heterocycles. The largest absolute Gasteiger partial charge is 0.388 e. The highest BCUT2D eigenvalue weighted by atomic mass is 35.5.